The first-order valence-corrected chi connectivity index (χ1v) is 9.93. The Bertz CT molecular complexity index is 579. The molecule has 1 aromatic rings. The highest BCUT2D eigenvalue weighted by molar-refractivity contribution is 5.54. The minimum absolute atomic E-state index is 0.187. The third kappa shape index (κ3) is 4.76. The van der Waals surface area contributed by atoms with Crippen LogP contribution in [-0.4, -0.2) is 72.4 Å². The van der Waals surface area contributed by atoms with Crippen LogP contribution >= 0.6 is 0 Å². The molecule has 2 fully saturated rings. The standard InChI is InChI=1S/C19H34N6O/c1-14(2)12-16(26)15-4-6-24(7-5-15)17-13-18(22-19(20)21-17)25-10-8-23(3)9-11-25/h13-16,26H,4-12H2,1-3H3,(H2,20,21,22)/t16-/m1/s1. The zero-order valence-corrected chi connectivity index (χ0v) is 16.4. The van der Waals surface area contributed by atoms with E-state index in [-0.39, 0.29) is 6.10 Å². The van der Waals surface area contributed by atoms with E-state index in [9.17, 15) is 5.11 Å². The lowest BCUT2D eigenvalue weighted by Gasteiger charge is -2.36. The van der Waals surface area contributed by atoms with Gasteiger partial charge in [0.2, 0.25) is 5.95 Å². The molecule has 3 N–H and O–H groups in total. The van der Waals surface area contributed by atoms with Gasteiger partial charge in [0, 0.05) is 45.3 Å². The van der Waals surface area contributed by atoms with Crippen LogP contribution in [0.2, 0.25) is 0 Å². The van der Waals surface area contributed by atoms with Crippen LogP contribution in [0.5, 0.6) is 0 Å². The fourth-order valence-corrected chi connectivity index (χ4v) is 3.99. The van der Waals surface area contributed by atoms with Gasteiger partial charge in [-0.1, -0.05) is 13.8 Å². The van der Waals surface area contributed by atoms with Crippen molar-refractivity contribution in [2.75, 3.05) is 61.8 Å². The highest BCUT2D eigenvalue weighted by Gasteiger charge is 2.27. The summed E-state index contributed by atoms with van der Waals surface area (Å²) in [7, 11) is 2.15. The van der Waals surface area contributed by atoms with Crippen LogP contribution in [0.25, 0.3) is 0 Å². The maximum atomic E-state index is 10.4. The van der Waals surface area contributed by atoms with Crippen LogP contribution in [0.1, 0.15) is 33.1 Å². The Hall–Kier alpha value is -1.60. The monoisotopic (exact) mass is 362 g/mol. The lowest BCUT2D eigenvalue weighted by molar-refractivity contribution is 0.0734. The molecule has 7 heteroatoms. The summed E-state index contributed by atoms with van der Waals surface area (Å²) in [5, 5.41) is 10.4. The van der Waals surface area contributed by atoms with E-state index in [0.29, 0.717) is 17.8 Å². The second-order valence-corrected chi connectivity index (χ2v) is 8.25. The Balaban J connectivity index is 1.63. The largest absolute Gasteiger partial charge is 0.393 e. The number of piperazine rings is 1. The van der Waals surface area contributed by atoms with E-state index < -0.39 is 0 Å². The number of hydrogen-bond acceptors (Lipinski definition) is 7. The number of nitrogens with two attached hydrogens (primary N) is 1. The zero-order valence-electron chi connectivity index (χ0n) is 16.4. The molecular weight excluding hydrogens is 328 g/mol. The van der Waals surface area contributed by atoms with Crippen LogP contribution in [0.3, 0.4) is 0 Å². The van der Waals surface area contributed by atoms with Crippen LogP contribution in [0.4, 0.5) is 17.6 Å². The number of anilines is 3. The summed E-state index contributed by atoms with van der Waals surface area (Å²) in [5.41, 5.74) is 6.00. The Morgan fingerprint density at radius 2 is 1.58 bits per heavy atom. The van der Waals surface area contributed by atoms with Gasteiger partial charge in [0.1, 0.15) is 11.6 Å². The van der Waals surface area contributed by atoms with Crippen LogP contribution in [0.15, 0.2) is 6.07 Å². The molecular formula is C19H34N6O. The molecule has 0 radical (unpaired) electrons. The zero-order chi connectivity index (χ0) is 18.7. The summed E-state index contributed by atoms with van der Waals surface area (Å²) in [4.78, 5) is 15.8. The molecule has 3 heterocycles. The quantitative estimate of drug-likeness (QED) is 0.820. The van der Waals surface area contributed by atoms with Crippen molar-refractivity contribution in [2.45, 2.75) is 39.2 Å². The molecule has 146 valence electrons. The third-order valence-corrected chi connectivity index (χ3v) is 5.66. The molecule has 26 heavy (non-hydrogen) atoms. The molecule has 0 aromatic carbocycles. The van der Waals surface area contributed by atoms with Gasteiger partial charge in [0.05, 0.1) is 6.10 Å². The Morgan fingerprint density at radius 3 is 2.12 bits per heavy atom. The van der Waals surface area contributed by atoms with Crippen LogP contribution in [0, 0.1) is 11.8 Å². The van der Waals surface area contributed by atoms with Crippen molar-refractivity contribution in [1.29, 1.82) is 0 Å². The smallest absolute Gasteiger partial charge is 0.223 e. The number of nitrogens with zero attached hydrogens (tertiary/aromatic N) is 5. The van der Waals surface area contributed by atoms with E-state index in [4.69, 9.17) is 5.73 Å². The molecule has 0 aliphatic carbocycles. The minimum atomic E-state index is -0.187. The number of rotatable bonds is 5. The molecule has 3 rings (SSSR count). The van der Waals surface area contributed by atoms with E-state index in [0.717, 1.165) is 70.2 Å². The molecule has 2 aliphatic heterocycles. The van der Waals surface area contributed by atoms with Crippen molar-refractivity contribution < 1.29 is 5.11 Å². The fraction of sp³-hybridized carbons (Fsp3) is 0.789. The second kappa shape index (κ2) is 8.39. The lowest BCUT2D eigenvalue weighted by atomic mass is 9.87. The molecule has 0 bridgehead atoms. The Morgan fingerprint density at radius 1 is 1.04 bits per heavy atom. The number of hydrogen-bond donors (Lipinski definition) is 2. The highest BCUT2D eigenvalue weighted by Crippen LogP contribution is 2.28. The molecule has 2 saturated heterocycles. The topological polar surface area (TPSA) is 81.8 Å². The van der Waals surface area contributed by atoms with Gasteiger partial charge in [0.25, 0.3) is 0 Å². The molecule has 1 atom stereocenters. The van der Waals surface area contributed by atoms with Gasteiger partial charge in [-0.2, -0.15) is 9.97 Å². The molecule has 0 amide bonds. The first kappa shape index (κ1) is 19.2. The number of piperidine rings is 1. The summed E-state index contributed by atoms with van der Waals surface area (Å²) in [5.74, 6) is 3.13. The molecule has 7 nitrogen and oxygen atoms in total. The van der Waals surface area contributed by atoms with Crippen molar-refractivity contribution in [3.8, 4) is 0 Å². The van der Waals surface area contributed by atoms with E-state index in [1.165, 1.54) is 0 Å². The van der Waals surface area contributed by atoms with Crippen molar-refractivity contribution in [3.05, 3.63) is 6.07 Å². The number of aromatic nitrogens is 2. The normalized spacial score (nSPS) is 21.4. The molecule has 2 aliphatic rings. The van der Waals surface area contributed by atoms with Gasteiger partial charge in [-0.05, 0) is 38.1 Å². The maximum absolute atomic E-state index is 10.4. The van der Waals surface area contributed by atoms with E-state index >= 15 is 0 Å². The predicted molar refractivity (Wildman–Crippen MR) is 107 cm³/mol. The first-order valence-electron chi connectivity index (χ1n) is 9.93. The third-order valence-electron chi connectivity index (χ3n) is 5.66. The molecule has 1 aromatic heterocycles. The van der Waals surface area contributed by atoms with Crippen LogP contribution < -0.4 is 15.5 Å². The average Bonchev–Trinajstić information content (AvgIpc) is 2.61. The number of aliphatic hydroxyl groups excluding tert-OH is 1. The van der Waals surface area contributed by atoms with E-state index in [1.807, 2.05) is 0 Å². The number of likely N-dealkylation sites (N-methyl/N-ethyl adjacent to an activating group) is 1. The van der Waals surface area contributed by atoms with E-state index in [1.54, 1.807) is 0 Å². The minimum Gasteiger partial charge on any atom is -0.393 e. The summed E-state index contributed by atoms with van der Waals surface area (Å²) in [6.07, 6.45) is 2.70. The van der Waals surface area contributed by atoms with E-state index in [2.05, 4.69) is 51.6 Å². The van der Waals surface area contributed by atoms with Gasteiger partial charge < -0.3 is 25.5 Å². The number of aliphatic hydroxyl groups is 1. The summed E-state index contributed by atoms with van der Waals surface area (Å²) < 4.78 is 0. The summed E-state index contributed by atoms with van der Waals surface area (Å²) >= 11 is 0. The summed E-state index contributed by atoms with van der Waals surface area (Å²) in [6.45, 7) is 10.2. The van der Waals surface area contributed by atoms with Gasteiger partial charge in [-0.25, -0.2) is 0 Å². The SMILES string of the molecule is CC(C)C[C@@H](O)C1CCN(c2cc(N3CCN(C)CC3)nc(N)n2)CC1. The van der Waals surface area contributed by atoms with Gasteiger partial charge >= 0.3 is 0 Å². The first-order chi connectivity index (χ1) is 12.4. The highest BCUT2D eigenvalue weighted by atomic mass is 16.3. The summed E-state index contributed by atoms with van der Waals surface area (Å²) in [6, 6.07) is 2.08. The van der Waals surface area contributed by atoms with Crippen molar-refractivity contribution in [1.82, 2.24) is 14.9 Å². The fourth-order valence-electron chi connectivity index (χ4n) is 3.99. The molecule has 0 unspecified atom stereocenters. The number of nitrogen functional groups attached to an aromatic ring is 1. The predicted octanol–water partition coefficient (Wildman–Crippen LogP) is 1.43. The van der Waals surface area contributed by atoms with Crippen molar-refractivity contribution in [2.24, 2.45) is 11.8 Å². The lowest BCUT2D eigenvalue weighted by Crippen LogP contribution is -2.45. The molecule has 0 saturated carbocycles. The van der Waals surface area contributed by atoms with Crippen molar-refractivity contribution >= 4 is 17.6 Å². The van der Waals surface area contributed by atoms with Gasteiger partial charge in [0.15, 0.2) is 0 Å². The average molecular weight is 363 g/mol. The molecule has 0 spiro atoms. The maximum Gasteiger partial charge on any atom is 0.223 e. The second-order valence-electron chi connectivity index (χ2n) is 8.25. The Labute approximate surface area is 157 Å². The van der Waals surface area contributed by atoms with Gasteiger partial charge in [-0.15, -0.1) is 0 Å². The Kier molecular flexibility index (Phi) is 6.19. The van der Waals surface area contributed by atoms with Crippen molar-refractivity contribution in [3.63, 3.8) is 0 Å². The van der Waals surface area contributed by atoms with Crippen LogP contribution in [-0.2, 0) is 0 Å². The van der Waals surface area contributed by atoms with Gasteiger partial charge in [-0.3, -0.25) is 0 Å².